The second-order valence-electron chi connectivity index (χ2n) is 8.00. The first-order valence-electron chi connectivity index (χ1n) is 10.3. The zero-order valence-electron chi connectivity index (χ0n) is 17.7. The van der Waals surface area contributed by atoms with E-state index in [1.807, 2.05) is 55.1 Å². The molecule has 0 aliphatic carbocycles. The van der Waals surface area contributed by atoms with Crippen molar-refractivity contribution in [3.05, 3.63) is 88.7 Å². The monoisotopic (exact) mass is 401 g/mol. The molecule has 5 nitrogen and oxygen atoms in total. The van der Waals surface area contributed by atoms with E-state index in [4.69, 9.17) is 0 Å². The minimum absolute atomic E-state index is 0.156. The summed E-state index contributed by atoms with van der Waals surface area (Å²) in [5.41, 5.74) is 6.31. The maximum atomic E-state index is 13.2. The molecule has 0 radical (unpaired) electrons. The van der Waals surface area contributed by atoms with Crippen molar-refractivity contribution in [1.82, 2.24) is 9.47 Å². The van der Waals surface area contributed by atoms with Crippen LogP contribution in [0.25, 0.3) is 0 Å². The van der Waals surface area contributed by atoms with Crippen LogP contribution < -0.4 is 5.32 Å². The van der Waals surface area contributed by atoms with Gasteiger partial charge in [0.25, 0.3) is 0 Å². The molecular formula is C25H27N3O2. The number of aromatic nitrogens is 1. The predicted octanol–water partition coefficient (Wildman–Crippen LogP) is 4.37. The Labute approximate surface area is 177 Å². The summed E-state index contributed by atoms with van der Waals surface area (Å²) in [4.78, 5) is 27.7. The maximum Gasteiger partial charge on any atom is 0.233 e. The van der Waals surface area contributed by atoms with Crippen LogP contribution in [0.1, 0.15) is 40.4 Å². The summed E-state index contributed by atoms with van der Waals surface area (Å²) in [6, 6.07) is 17.8. The number of amides is 2. The summed E-state index contributed by atoms with van der Waals surface area (Å²) in [7, 11) is 0. The van der Waals surface area contributed by atoms with Crippen molar-refractivity contribution in [2.24, 2.45) is 0 Å². The molecule has 30 heavy (non-hydrogen) atoms. The number of aryl methyl sites for hydroxylation is 3. The average molecular weight is 402 g/mol. The van der Waals surface area contributed by atoms with E-state index < -0.39 is 0 Å². The highest BCUT2D eigenvalue weighted by atomic mass is 16.2. The average Bonchev–Trinajstić information content (AvgIpc) is 3.19. The van der Waals surface area contributed by atoms with Crippen LogP contribution in [0.5, 0.6) is 0 Å². The molecule has 0 unspecified atom stereocenters. The Kier molecular flexibility index (Phi) is 5.44. The van der Waals surface area contributed by atoms with Crippen molar-refractivity contribution in [3.8, 4) is 0 Å². The van der Waals surface area contributed by atoms with Gasteiger partial charge < -0.3 is 14.8 Å². The number of nitrogens with zero attached hydrogens (tertiary/aromatic N) is 2. The minimum Gasteiger partial charge on any atom is -0.348 e. The molecule has 154 valence electrons. The zero-order valence-corrected chi connectivity index (χ0v) is 17.7. The second kappa shape index (κ2) is 8.19. The second-order valence-corrected chi connectivity index (χ2v) is 8.00. The summed E-state index contributed by atoms with van der Waals surface area (Å²) in [5, 5.41) is 2.87. The van der Waals surface area contributed by atoms with Gasteiger partial charge in [0.05, 0.1) is 6.04 Å². The molecule has 5 heteroatoms. The number of fused-ring (bicyclic) bond motifs is 1. The summed E-state index contributed by atoms with van der Waals surface area (Å²) in [6.07, 6.45) is 1.88. The smallest absolute Gasteiger partial charge is 0.233 e. The third-order valence-electron chi connectivity index (χ3n) is 5.94. The molecule has 2 aromatic carbocycles. The predicted molar refractivity (Wildman–Crippen MR) is 118 cm³/mol. The molecule has 1 atom stereocenters. The van der Waals surface area contributed by atoms with Crippen LogP contribution in [0.4, 0.5) is 5.69 Å². The van der Waals surface area contributed by atoms with Crippen molar-refractivity contribution < 1.29 is 9.59 Å². The summed E-state index contributed by atoms with van der Waals surface area (Å²) in [5.74, 6) is -0.440. The number of benzene rings is 2. The van der Waals surface area contributed by atoms with Crippen LogP contribution in [0.2, 0.25) is 0 Å². The van der Waals surface area contributed by atoms with E-state index in [0.29, 0.717) is 6.54 Å². The third-order valence-corrected chi connectivity index (χ3v) is 5.94. The lowest BCUT2D eigenvalue weighted by molar-refractivity contribution is -0.136. The molecule has 0 saturated carbocycles. The highest BCUT2D eigenvalue weighted by Gasteiger charge is 2.33. The molecule has 1 aromatic heterocycles. The Morgan fingerprint density at radius 3 is 2.50 bits per heavy atom. The number of rotatable bonds is 4. The van der Waals surface area contributed by atoms with E-state index in [1.165, 1.54) is 5.56 Å². The van der Waals surface area contributed by atoms with Gasteiger partial charge in [-0.15, -0.1) is 0 Å². The molecule has 1 N–H and O–H groups in total. The minimum atomic E-state index is -0.284. The van der Waals surface area contributed by atoms with Crippen molar-refractivity contribution in [2.45, 2.75) is 39.8 Å². The summed E-state index contributed by atoms with van der Waals surface area (Å²) < 4.78 is 2.19. The van der Waals surface area contributed by atoms with Gasteiger partial charge in [-0.05, 0) is 67.3 Å². The quantitative estimate of drug-likeness (QED) is 0.660. The third kappa shape index (κ3) is 3.88. The number of anilines is 1. The molecule has 2 amide bonds. The lowest BCUT2D eigenvalue weighted by atomic mass is 9.95. The number of hydrogen-bond acceptors (Lipinski definition) is 2. The molecular weight excluding hydrogens is 374 g/mol. The number of carbonyl (C=O) groups excluding carboxylic acids is 2. The first kappa shape index (κ1) is 20.0. The van der Waals surface area contributed by atoms with Crippen molar-refractivity contribution in [3.63, 3.8) is 0 Å². The van der Waals surface area contributed by atoms with Gasteiger partial charge in [-0.3, -0.25) is 9.59 Å². The maximum absolute atomic E-state index is 13.2. The van der Waals surface area contributed by atoms with Gasteiger partial charge in [0.15, 0.2) is 0 Å². The van der Waals surface area contributed by atoms with Crippen molar-refractivity contribution in [2.75, 3.05) is 11.9 Å². The van der Waals surface area contributed by atoms with Gasteiger partial charge in [-0.2, -0.15) is 0 Å². The Morgan fingerprint density at radius 1 is 0.933 bits per heavy atom. The van der Waals surface area contributed by atoms with Crippen LogP contribution in [-0.4, -0.2) is 27.8 Å². The topological polar surface area (TPSA) is 54.3 Å². The summed E-state index contributed by atoms with van der Waals surface area (Å²) in [6.45, 7) is 7.41. The van der Waals surface area contributed by atoms with Crippen LogP contribution >= 0.6 is 0 Å². The van der Waals surface area contributed by atoms with Crippen LogP contribution in [0.3, 0.4) is 0 Å². The number of hydrogen-bond donors (Lipinski definition) is 1. The first-order chi connectivity index (χ1) is 14.4. The largest absolute Gasteiger partial charge is 0.348 e. The van der Waals surface area contributed by atoms with Crippen LogP contribution in [0.15, 0.2) is 60.8 Å². The van der Waals surface area contributed by atoms with E-state index in [9.17, 15) is 9.59 Å². The van der Waals surface area contributed by atoms with Gasteiger partial charge in [-0.25, -0.2) is 0 Å². The molecule has 1 aliphatic rings. The normalized spacial score (nSPS) is 15.6. The van der Waals surface area contributed by atoms with Crippen LogP contribution in [-0.2, 0) is 16.1 Å². The molecule has 0 saturated heterocycles. The van der Waals surface area contributed by atoms with E-state index in [0.717, 1.165) is 34.6 Å². The van der Waals surface area contributed by atoms with Gasteiger partial charge in [0, 0.05) is 30.7 Å². The Balaban J connectivity index is 1.55. The lowest BCUT2D eigenvalue weighted by Gasteiger charge is -2.38. The van der Waals surface area contributed by atoms with Crippen molar-refractivity contribution >= 4 is 17.5 Å². The van der Waals surface area contributed by atoms with Gasteiger partial charge in [0.2, 0.25) is 11.8 Å². The van der Waals surface area contributed by atoms with Gasteiger partial charge >= 0.3 is 0 Å². The van der Waals surface area contributed by atoms with E-state index in [-0.39, 0.29) is 24.3 Å². The molecule has 0 spiro atoms. The Morgan fingerprint density at radius 2 is 1.73 bits per heavy atom. The highest BCUT2D eigenvalue weighted by molar-refractivity contribution is 6.03. The SMILES string of the molecule is Cc1ccc(NC(=O)CC(=O)N2CCn3cccc3[C@@H]2c2ccccc2C)cc1C. The van der Waals surface area contributed by atoms with Gasteiger partial charge in [-0.1, -0.05) is 30.3 Å². The Hall–Kier alpha value is -3.34. The fourth-order valence-electron chi connectivity index (χ4n) is 4.14. The molecule has 3 aromatic rings. The molecule has 1 aliphatic heterocycles. The zero-order chi connectivity index (χ0) is 21.3. The molecule has 4 rings (SSSR count). The van der Waals surface area contributed by atoms with E-state index in [1.54, 1.807) is 0 Å². The summed E-state index contributed by atoms with van der Waals surface area (Å²) >= 11 is 0. The van der Waals surface area contributed by atoms with Crippen molar-refractivity contribution in [1.29, 1.82) is 0 Å². The van der Waals surface area contributed by atoms with Gasteiger partial charge in [0.1, 0.15) is 6.42 Å². The Bertz CT molecular complexity index is 1100. The lowest BCUT2D eigenvalue weighted by Crippen LogP contribution is -2.43. The number of nitrogens with one attached hydrogen (secondary N) is 1. The van der Waals surface area contributed by atoms with E-state index >= 15 is 0 Å². The standard InChI is InChI=1S/C25H27N3O2/c1-17-10-11-20(15-19(17)3)26-23(29)16-24(30)28-14-13-27-12-6-9-22(27)25(28)21-8-5-4-7-18(21)2/h4-12,15,25H,13-14,16H2,1-3H3,(H,26,29)/t25-/m0/s1. The molecule has 0 bridgehead atoms. The number of carbonyl (C=O) groups is 2. The van der Waals surface area contributed by atoms with Crippen LogP contribution in [0, 0.1) is 20.8 Å². The molecule has 0 fully saturated rings. The fraction of sp³-hybridized carbons (Fsp3) is 0.280. The first-order valence-corrected chi connectivity index (χ1v) is 10.3. The fourth-order valence-corrected chi connectivity index (χ4v) is 4.14. The molecule has 2 heterocycles. The highest BCUT2D eigenvalue weighted by Crippen LogP contribution is 2.34. The van der Waals surface area contributed by atoms with E-state index in [2.05, 4.69) is 41.2 Å².